The van der Waals surface area contributed by atoms with E-state index in [9.17, 15) is 4.79 Å². The van der Waals surface area contributed by atoms with E-state index in [1.54, 1.807) is 0 Å². The largest absolute Gasteiger partial charge is 0.446 e. The molecule has 0 bridgehead atoms. The van der Waals surface area contributed by atoms with Crippen LogP contribution in [0, 0.1) is 0 Å². The minimum atomic E-state index is -0.176. The van der Waals surface area contributed by atoms with Crippen molar-refractivity contribution in [3.63, 3.8) is 0 Å². The summed E-state index contributed by atoms with van der Waals surface area (Å²) in [6.45, 7) is 1.27. The molecule has 1 saturated carbocycles. The molecule has 0 radical (unpaired) electrons. The number of fused-ring (bicyclic) bond motifs is 1. The van der Waals surface area contributed by atoms with Gasteiger partial charge in [-0.2, -0.15) is 5.10 Å². The van der Waals surface area contributed by atoms with Crippen molar-refractivity contribution in [2.24, 2.45) is 7.05 Å². The molecule has 2 heterocycles. The van der Waals surface area contributed by atoms with E-state index in [0.29, 0.717) is 13.1 Å². The van der Waals surface area contributed by atoms with E-state index in [0.717, 1.165) is 18.4 Å². The highest BCUT2D eigenvalue weighted by molar-refractivity contribution is 5.69. The van der Waals surface area contributed by atoms with Crippen LogP contribution >= 0.6 is 0 Å². The lowest BCUT2D eigenvalue weighted by atomic mass is 9.86. The molecule has 1 unspecified atom stereocenters. The molecule has 5 nitrogen and oxygen atoms in total. The highest BCUT2D eigenvalue weighted by Gasteiger charge is 2.32. The third-order valence-corrected chi connectivity index (χ3v) is 5.15. The lowest BCUT2D eigenvalue weighted by Gasteiger charge is -2.34. The fourth-order valence-electron chi connectivity index (χ4n) is 3.87. The van der Waals surface area contributed by atoms with E-state index in [-0.39, 0.29) is 18.1 Å². The average Bonchev–Trinajstić information content (AvgIpc) is 3.25. The molecule has 1 aliphatic heterocycles. The van der Waals surface area contributed by atoms with E-state index in [1.165, 1.54) is 24.0 Å². The zero-order valence-electron chi connectivity index (χ0n) is 14.0. The first-order valence-electron chi connectivity index (χ1n) is 8.72. The van der Waals surface area contributed by atoms with Gasteiger partial charge < -0.3 is 9.64 Å². The van der Waals surface area contributed by atoms with Gasteiger partial charge in [-0.25, -0.2) is 4.79 Å². The number of aromatic nitrogens is 2. The van der Waals surface area contributed by atoms with Crippen LogP contribution in [0.5, 0.6) is 0 Å². The summed E-state index contributed by atoms with van der Waals surface area (Å²) in [4.78, 5) is 14.5. The van der Waals surface area contributed by atoms with Crippen LogP contribution in [0.4, 0.5) is 4.79 Å². The number of amides is 1. The fraction of sp³-hybridized carbons (Fsp3) is 0.474. The van der Waals surface area contributed by atoms with Gasteiger partial charge in [-0.1, -0.05) is 24.3 Å². The first-order chi connectivity index (χ1) is 11.7. The first-order valence-corrected chi connectivity index (χ1v) is 8.72. The Morgan fingerprint density at radius 2 is 2.04 bits per heavy atom. The maximum atomic E-state index is 12.6. The van der Waals surface area contributed by atoms with Crippen LogP contribution in [0.2, 0.25) is 0 Å². The van der Waals surface area contributed by atoms with Gasteiger partial charge in [0.05, 0.1) is 6.20 Å². The monoisotopic (exact) mass is 325 g/mol. The molecule has 1 atom stereocenters. The van der Waals surface area contributed by atoms with Crippen LogP contribution in [-0.4, -0.2) is 33.4 Å². The van der Waals surface area contributed by atoms with Gasteiger partial charge in [0.1, 0.15) is 6.10 Å². The van der Waals surface area contributed by atoms with Gasteiger partial charge in [-0.15, -0.1) is 0 Å². The van der Waals surface area contributed by atoms with E-state index >= 15 is 0 Å². The Morgan fingerprint density at radius 3 is 2.79 bits per heavy atom. The average molecular weight is 325 g/mol. The molecule has 2 aliphatic rings. The van der Waals surface area contributed by atoms with E-state index in [2.05, 4.69) is 23.3 Å². The van der Waals surface area contributed by atoms with Crippen LogP contribution in [0.3, 0.4) is 0 Å². The minimum absolute atomic E-state index is 0.103. The molecule has 2 aromatic rings. The standard InChI is InChI=1S/C19H23N3O2/c1-21-11-15(10-20-21)18-13-22(12-14-6-2-5-9-17(14)18)19(23)24-16-7-3-4-8-16/h2,5-6,9-11,16,18H,3-4,7-8,12-13H2,1H3. The van der Waals surface area contributed by atoms with Crippen LogP contribution < -0.4 is 0 Å². The van der Waals surface area contributed by atoms with Crippen molar-refractivity contribution in [1.29, 1.82) is 0 Å². The molecule has 1 aliphatic carbocycles. The van der Waals surface area contributed by atoms with Crippen LogP contribution in [0.15, 0.2) is 36.7 Å². The second-order valence-electron chi connectivity index (χ2n) is 6.87. The Bertz CT molecular complexity index is 734. The summed E-state index contributed by atoms with van der Waals surface area (Å²) in [5.41, 5.74) is 3.62. The zero-order valence-corrected chi connectivity index (χ0v) is 14.0. The van der Waals surface area contributed by atoms with Crippen molar-refractivity contribution in [2.75, 3.05) is 6.54 Å². The van der Waals surface area contributed by atoms with E-state index in [1.807, 2.05) is 35.1 Å². The second kappa shape index (κ2) is 6.30. The maximum absolute atomic E-state index is 12.6. The molecule has 1 aromatic heterocycles. The predicted octanol–water partition coefficient (Wildman–Crippen LogP) is 3.45. The molecular weight excluding hydrogens is 302 g/mol. The van der Waals surface area contributed by atoms with Crippen molar-refractivity contribution in [2.45, 2.75) is 44.2 Å². The molecule has 4 rings (SSSR count). The molecule has 0 N–H and O–H groups in total. The van der Waals surface area contributed by atoms with Crippen molar-refractivity contribution < 1.29 is 9.53 Å². The van der Waals surface area contributed by atoms with Crippen molar-refractivity contribution in [3.8, 4) is 0 Å². The topological polar surface area (TPSA) is 47.4 Å². The van der Waals surface area contributed by atoms with Crippen molar-refractivity contribution >= 4 is 6.09 Å². The van der Waals surface area contributed by atoms with Gasteiger partial charge >= 0.3 is 6.09 Å². The lowest BCUT2D eigenvalue weighted by molar-refractivity contribution is 0.0603. The molecule has 1 fully saturated rings. The number of benzene rings is 1. The molecule has 1 amide bonds. The lowest BCUT2D eigenvalue weighted by Crippen LogP contribution is -2.40. The quantitative estimate of drug-likeness (QED) is 0.850. The maximum Gasteiger partial charge on any atom is 0.410 e. The summed E-state index contributed by atoms with van der Waals surface area (Å²) in [5.74, 6) is 0.153. The Kier molecular flexibility index (Phi) is 4.00. The van der Waals surface area contributed by atoms with Crippen LogP contribution in [-0.2, 0) is 18.3 Å². The Balaban J connectivity index is 1.59. The molecule has 0 saturated heterocycles. The summed E-state index contributed by atoms with van der Waals surface area (Å²) in [7, 11) is 1.92. The van der Waals surface area contributed by atoms with Crippen LogP contribution in [0.25, 0.3) is 0 Å². The summed E-state index contributed by atoms with van der Waals surface area (Å²) in [6, 6.07) is 8.36. The number of ether oxygens (including phenoxy) is 1. The van der Waals surface area contributed by atoms with Crippen molar-refractivity contribution in [1.82, 2.24) is 14.7 Å². The normalized spacial score (nSPS) is 20.9. The van der Waals surface area contributed by atoms with Gasteiger partial charge in [0.25, 0.3) is 0 Å². The molecule has 0 spiro atoms. The molecule has 1 aromatic carbocycles. The molecular formula is C19H23N3O2. The Morgan fingerprint density at radius 1 is 1.25 bits per heavy atom. The molecule has 5 heteroatoms. The number of hydrogen-bond acceptors (Lipinski definition) is 3. The highest BCUT2D eigenvalue weighted by Crippen LogP contribution is 2.34. The zero-order chi connectivity index (χ0) is 16.5. The second-order valence-corrected chi connectivity index (χ2v) is 6.87. The minimum Gasteiger partial charge on any atom is -0.446 e. The van der Waals surface area contributed by atoms with E-state index < -0.39 is 0 Å². The van der Waals surface area contributed by atoms with Crippen molar-refractivity contribution in [3.05, 3.63) is 53.3 Å². The number of aryl methyl sites for hydroxylation is 1. The van der Waals surface area contributed by atoms with Gasteiger partial charge in [0.2, 0.25) is 0 Å². The van der Waals surface area contributed by atoms with Gasteiger partial charge in [0, 0.05) is 32.3 Å². The van der Waals surface area contributed by atoms with E-state index in [4.69, 9.17) is 4.74 Å². The van der Waals surface area contributed by atoms with Gasteiger partial charge in [0.15, 0.2) is 0 Å². The van der Waals surface area contributed by atoms with Crippen LogP contribution in [0.1, 0.15) is 48.3 Å². The summed E-state index contributed by atoms with van der Waals surface area (Å²) in [6.07, 6.45) is 8.19. The smallest absolute Gasteiger partial charge is 0.410 e. The number of nitrogens with zero attached hydrogens (tertiary/aromatic N) is 3. The number of carbonyl (C=O) groups excluding carboxylic acids is 1. The Labute approximate surface area is 142 Å². The summed E-state index contributed by atoms with van der Waals surface area (Å²) in [5, 5.41) is 4.30. The van der Waals surface area contributed by atoms with Gasteiger partial charge in [-0.3, -0.25) is 4.68 Å². The highest BCUT2D eigenvalue weighted by atomic mass is 16.6. The number of rotatable bonds is 2. The predicted molar refractivity (Wildman–Crippen MR) is 90.6 cm³/mol. The summed E-state index contributed by atoms with van der Waals surface area (Å²) >= 11 is 0. The Hall–Kier alpha value is -2.30. The first kappa shape index (κ1) is 15.2. The SMILES string of the molecule is Cn1cc(C2CN(C(=O)OC3CCCC3)Cc3ccccc32)cn1. The third-order valence-electron chi connectivity index (χ3n) is 5.15. The number of carbonyl (C=O) groups is 1. The molecule has 126 valence electrons. The third kappa shape index (κ3) is 2.90. The fourth-order valence-corrected chi connectivity index (χ4v) is 3.87. The number of hydrogen-bond donors (Lipinski definition) is 0. The molecule has 24 heavy (non-hydrogen) atoms. The summed E-state index contributed by atoms with van der Waals surface area (Å²) < 4.78 is 7.53. The van der Waals surface area contributed by atoms with Gasteiger partial charge in [-0.05, 0) is 42.4 Å².